The van der Waals surface area contributed by atoms with E-state index in [9.17, 15) is 4.79 Å². The van der Waals surface area contributed by atoms with Gasteiger partial charge in [0.25, 0.3) is 5.91 Å². The van der Waals surface area contributed by atoms with Gasteiger partial charge in [-0.25, -0.2) is 5.48 Å². The summed E-state index contributed by atoms with van der Waals surface area (Å²) in [5.41, 5.74) is 2.88. The van der Waals surface area contributed by atoms with Gasteiger partial charge in [0.05, 0.1) is 27.4 Å². The van der Waals surface area contributed by atoms with Gasteiger partial charge in [-0.15, -0.1) is 0 Å². The van der Waals surface area contributed by atoms with Crippen LogP contribution in [0.5, 0.6) is 17.2 Å². The van der Waals surface area contributed by atoms with E-state index >= 15 is 0 Å². The van der Waals surface area contributed by atoms with Crippen LogP contribution in [-0.2, 0) is 4.84 Å². The summed E-state index contributed by atoms with van der Waals surface area (Å²) < 4.78 is 15.7. The predicted octanol–water partition coefficient (Wildman–Crippen LogP) is 2.32. The highest BCUT2D eigenvalue weighted by molar-refractivity contribution is 5.95. The molecule has 1 aliphatic rings. The van der Waals surface area contributed by atoms with Gasteiger partial charge in [0, 0.05) is 5.56 Å². The zero-order valence-corrected chi connectivity index (χ0v) is 12.6. The van der Waals surface area contributed by atoms with Crippen molar-refractivity contribution in [2.45, 2.75) is 31.8 Å². The fraction of sp³-hybridized carbons (Fsp3) is 0.533. The van der Waals surface area contributed by atoms with Crippen LogP contribution in [0.3, 0.4) is 0 Å². The van der Waals surface area contributed by atoms with Crippen LogP contribution in [0.1, 0.15) is 36.0 Å². The number of carbonyl (C=O) groups is 1. The lowest BCUT2D eigenvalue weighted by Gasteiger charge is -2.15. The van der Waals surface area contributed by atoms with Crippen LogP contribution in [-0.4, -0.2) is 33.3 Å². The molecule has 1 aromatic carbocycles. The van der Waals surface area contributed by atoms with Crippen LogP contribution in [0.25, 0.3) is 0 Å². The monoisotopic (exact) mass is 295 g/mol. The first-order valence-electron chi connectivity index (χ1n) is 6.95. The number of carbonyl (C=O) groups excluding carboxylic acids is 1. The van der Waals surface area contributed by atoms with Crippen molar-refractivity contribution in [3.63, 3.8) is 0 Å². The molecule has 0 saturated heterocycles. The summed E-state index contributed by atoms with van der Waals surface area (Å²) in [6, 6.07) is 3.18. The molecule has 1 N–H and O–H groups in total. The molecule has 0 heterocycles. The fourth-order valence-corrected chi connectivity index (χ4v) is 2.41. The summed E-state index contributed by atoms with van der Waals surface area (Å²) in [6.45, 7) is 0. The molecule has 1 fully saturated rings. The molecule has 1 amide bonds. The first kappa shape index (κ1) is 15.4. The third kappa shape index (κ3) is 3.58. The number of benzene rings is 1. The Morgan fingerprint density at radius 1 is 1.05 bits per heavy atom. The van der Waals surface area contributed by atoms with Gasteiger partial charge in [-0.2, -0.15) is 0 Å². The zero-order valence-electron chi connectivity index (χ0n) is 12.6. The molecule has 0 radical (unpaired) electrons. The van der Waals surface area contributed by atoms with Gasteiger partial charge in [0.2, 0.25) is 5.75 Å². The standard InChI is InChI=1S/C15H21NO5/c1-18-12-8-10(9-13(19-2)14(12)20-3)15(17)16-21-11-6-4-5-7-11/h8-9,11H,4-7H2,1-3H3,(H,16,17). The first-order valence-corrected chi connectivity index (χ1v) is 6.95. The molecule has 0 spiro atoms. The summed E-state index contributed by atoms with van der Waals surface area (Å²) in [5.74, 6) is 0.986. The molecule has 0 aromatic heterocycles. The molecule has 0 bridgehead atoms. The highest BCUT2D eigenvalue weighted by Crippen LogP contribution is 2.38. The second-order valence-corrected chi connectivity index (χ2v) is 4.87. The van der Waals surface area contributed by atoms with Crippen molar-refractivity contribution in [2.75, 3.05) is 21.3 Å². The Morgan fingerprint density at radius 2 is 1.62 bits per heavy atom. The lowest BCUT2D eigenvalue weighted by Crippen LogP contribution is -2.28. The second-order valence-electron chi connectivity index (χ2n) is 4.87. The molecule has 1 aromatic rings. The van der Waals surface area contributed by atoms with Crippen molar-refractivity contribution in [3.8, 4) is 17.2 Å². The van der Waals surface area contributed by atoms with E-state index in [4.69, 9.17) is 19.0 Å². The largest absolute Gasteiger partial charge is 0.493 e. The number of methoxy groups -OCH3 is 3. The highest BCUT2D eigenvalue weighted by atomic mass is 16.7. The summed E-state index contributed by atoms with van der Waals surface area (Å²) >= 11 is 0. The third-order valence-electron chi connectivity index (χ3n) is 3.55. The Hall–Kier alpha value is -1.95. The van der Waals surface area contributed by atoms with E-state index in [-0.39, 0.29) is 12.0 Å². The molecule has 21 heavy (non-hydrogen) atoms. The molecule has 0 unspecified atom stereocenters. The predicted molar refractivity (Wildman–Crippen MR) is 76.9 cm³/mol. The highest BCUT2D eigenvalue weighted by Gasteiger charge is 2.20. The van der Waals surface area contributed by atoms with E-state index in [1.54, 1.807) is 12.1 Å². The molecule has 1 saturated carbocycles. The first-order chi connectivity index (χ1) is 10.2. The van der Waals surface area contributed by atoms with Crippen molar-refractivity contribution in [1.82, 2.24) is 5.48 Å². The van der Waals surface area contributed by atoms with Crippen LogP contribution in [0.4, 0.5) is 0 Å². The Bertz CT molecular complexity index is 472. The van der Waals surface area contributed by atoms with E-state index in [1.165, 1.54) is 21.3 Å². The zero-order chi connectivity index (χ0) is 15.2. The molecular weight excluding hydrogens is 274 g/mol. The van der Waals surface area contributed by atoms with Crippen LogP contribution in [0.2, 0.25) is 0 Å². The normalized spacial score (nSPS) is 14.8. The van der Waals surface area contributed by atoms with Gasteiger partial charge in [0.15, 0.2) is 11.5 Å². The van der Waals surface area contributed by atoms with E-state index < -0.39 is 0 Å². The summed E-state index contributed by atoms with van der Waals surface area (Å²) in [5, 5.41) is 0. The maximum absolute atomic E-state index is 12.1. The number of hydrogen-bond donors (Lipinski definition) is 1. The molecule has 0 aliphatic heterocycles. The Balaban J connectivity index is 2.12. The Labute approximate surface area is 124 Å². The van der Waals surface area contributed by atoms with E-state index in [0.717, 1.165) is 25.7 Å². The molecule has 6 heteroatoms. The molecule has 2 rings (SSSR count). The molecule has 1 aliphatic carbocycles. The minimum absolute atomic E-state index is 0.107. The lowest BCUT2D eigenvalue weighted by atomic mass is 10.1. The SMILES string of the molecule is COc1cc(C(=O)NOC2CCCC2)cc(OC)c1OC. The molecule has 116 valence electrons. The smallest absolute Gasteiger partial charge is 0.275 e. The van der Waals surface area contributed by atoms with E-state index in [0.29, 0.717) is 22.8 Å². The molecule has 6 nitrogen and oxygen atoms in total. The van der Waals surface area contributed by atoms with Gasteiger partial charge in [-0.3, -0.25) is 9.63 Å². The Kier molecular flexibility index (Phi) is 5.27. The van der Waals surface area contributed by atoms with E-state index in [2.05, 4.69) is 5.48 Å². The quantitative estimate of drug-likeness (QED) is 0.816. The maximum atomic E-state index is 12.1. The Morgan fingerprint density at radius 3 is 2.10 bits per heavy atom. The van der Waals surface area contributed by atoms with E-state index in [1.807, 2.05) is 0 Å². The molecule has 0 atom stereocenters. The minimum Gasteiger partial charge on any atom is -0.493 e. The number of nitrogens with one attached hydrogen (secondary N) is 1. The van der Waals surface area contributed by atoms with Crippen LogP contribution >= 0.6 is 0 Å². The van der Waals surface area contributed by atoms with Crippen molar-refractivity contribution in [3.05, 3.63) is 17.7 Å². The number of hydroxylamine groups is 1. The average Bonchev–Trinajstić information content (AvgIpc) is 3.04. The van der Waals surface area contributed by atoms with Crippen LogP contribution in [0, 0.1) is 0 Å². The summed E-state index contributed by atoms with van der Waals surface area (Å²) in [7, 11) is 4.53. The summed E-state index contributed by atoms with van der Waals surface area (Å²) in [4.78, 5) is 17.6. The number of amides is 1. The van der Waals surface area contributed by atoms with Crippen molar-refractivity contribution < 1.29 is 23.8 Å². The maximum Gasteiger partial charge on any atom is 0.275 e. The van der Waals surface area contributed by atoms with Gasteiger partial charge in [-0.05, 0) is 25.0 Å². The fourth-order valence-electron chi connectivity index (χ4n) is 2.41. The van der Waals surface area contributed by atoms with Crippen LogP contribution < -0.4 is 19.7 Å². The average molecular weight is 295 g/mol. The van der Waals surface area contributed by atoms with Gasteiger partial charge < -0.3 is 14.2 Å². The summed E-state index contributed by atoms with van der Waals surface area (Å²) in [6.07, 6.45) is 4.36. The second kappa shape index (κ2) is 7.17. The van der Waals surface area contributed by atoms with Crippen molar-refractivity contribution >= 4 is 5.91 Å². The molecular formula is C15H21NO5. The van der Waals surface area contributed by atoms with Crippen LogP contribution in [0.15, 0.2) is 12.1 Å². The number of ether oxygens (including phenoxy) is 3. The number of rotatable bonds is 6. The van der Waals surface area contributed by atoms with Gasteiger partial charge in [0.1, 0.15) is 0 Å². The third-order valence-corrected chi connectivity index (χ3v) is 3.55. The minimum atomic E-state index is -0.332. The number of hydrogen-bond acceptors (Lipinski definition) is 5. The lowest BCUT2D eigenvalue weighted by molar-refractivity contribution is -0.0125. The van der Waals surface area contributed by atoms with Gasteiger partial charge in [-0.1, -0.05) is 12.8 Å². The topological polar surface area (TPSA) is 66.0 Å². The van der Waals surface area contributed by atoms with Gasteiger partial charge >= 0.3 is 0 Å². The van der Waals surface area contributed by atoms with Crippen molar-refractivity contribution in [2.24, 2.45) is 0 Å². The van der Waals surface area contributed by atoms with Crippen molar-refractivity contribution in [1.29, 1.82) is 0 Å².